The van der Waals surface area contributed by atoms with Crippen molar-refractivity contribution in [2.75, 3.05) is 13.2 Å². The first-order valence-corrected chi connectivity index (χ1v) is 7.10. The van der Waals surface area contributed by atoms with E-state index in [1.54, 1.807) is 0 Å². The molecular formula is C16H18Cl2F3N3O2. The van der Waals surface area contributed by atoms with Crippen LogP contribution in [0.1, 0.15) is 22.0 Å². The first-order chi connectivity index (χ1) is 11.4. The van der Waals surface area contributed by atoms with Crippen LogP contribution >= 0.6 is 24.8 Å². The topological polar surface area (TPSA) is 77.2 Å². The minimum absolute atomic E-state index is 0. The van der Waals surface area contributed by atoms with Crippen LogP contribution in [0.3, 0.4) is 0 Å². The first kappa shape index (κ1) is 24.0. The summed E-state index contributed by atoms with van der Waals surface area (Å²) < 4.78 is 41.3. The number of halogens is 5. The van der Waals surface area contributed by atoms with Crippen LogP contribution in [0.25, 0.3) is 0 Å². The summed E-state index contributed by atoms with van der Waals surface area (Å²) in [5.74, 6) is -0.979. The molecule has 1 aromatic carbocycles. The number of amides is 1. The van der Waals surface area contributed by atoms with E-state index in [0.29, 0.717) is 0 Å². The number of rotatable bonds is 6. The molecule has 1 aromatic heterocycles. The number of carbonyl (C=O) groups excluding carboxylic acids is 1. The van der Waals surface area contributed by atoms with E-state index in [2.05, 4.69) is 15.0 Å². The summed E-state index contributed by atoms with van der Waals surface area (Å²) in [4.78, 5) is 15.8. The highest BCUT2D eigenvalue weighted by atomic mass is 35.5. The SMILES string of the molecule is Cl.Cl.NC(CNC(=O)c1cccnc1OCC(F)(F)F)c1ccccc1. The first-order valence-electron chi connectivity index (χ1n) is 7.10. The van der Waals surface area contributed by atoms with Gasteiger partial charge in [-0.05, 0) is 17.7 Å². The fourth-order valence-electron chi connectivity index (χ4n) is 1.94. The summed E-state index contributed by atoms with van der Waals surface area (Å²) in [7, 11) is 0. The zero-order chi connectivity index (χ0) is 17.6. The molecule has 0 aliphatic rings. The zero-order valence-corrected chi connectivity index (χ0v) is 15.0. The zero-order valence-electron chi connectivity index (χ0n) is 13.4. The molecule has 1 unspecified atom stereocenters. The second-order valence-corrected chi connectivity index (χ2v) is 4.99. The summed E-state index contributed by atoms with van der Waals surface area (Å²) in [6.07, 6.45) is -3.26. The normalized spacial score (nSPS) is 11.5. The van der Waals surface area contributed by atoms with Gasteiger partial charge in [0.05, 0.1) is 0 Å². The minimum atomic E-state index is -4.51. The third-order valence-corrected chi connectivity index (χ3v) is 3.10. The van der Waals surface area contributed by atoms with Gasteiger partial charge in [-0.25, -0.2) is 4.98 Å². The average Bonchev–Trinajstić information content (AvgIpc) is 2.58. The van der Waals surface area contributed by atoms with Crippen molar-refractivity contribution < 1.29 is 22.7 Å². The molecule has 0 saturated heterocycles. The van der Waals surface area contributed by atoms with Gasteiger partial charge in [-0.3, -0.25) is 4.79 Å². The molecule has 0 bridgehead atoms. The highest BCUT2D eigenvalue weighted by Gasteiger charge is 2.29. The number of pyridine rings is 1. The lowest BCUT2D eigenvalue weighted by Crippen LogP contribution is -2.32. The quantitative estimate of drug-likeness (QED) is 0.764. The highest BCUT2D eigenvalue weighted by molar-refractivity contribution is 5.96. The van der Waals surface area contributed by atoms with Gasteiger partial charge in [-0.15, -0.1) is 24.8 Å². The predicted molar refractivity (Wildman–Crippen MR) is 96.0 cm³/mol. The van der Waals surface area contributed by atoms with E-state index >= 15 is 0 Å². The van der Waals surface area contributed by atoms with Crippen LogP contribution in [0.5, 0.6) is 5.88 Å². The van der Waals surface area contributed by atoms with Crippen molar-refractivity contribution in [2.45, 2.75) is 12.2 Å². The van der Waals surface area contributed by atoms with Gasteiger partial charge in [0, 0.05) is 18.8 Å². The van der Waals surface area contributed by atoms with Gasteiger partial charge < -0.3 is 15.8 Å². The Morgan fingerprint density at radius 2 is 1.81 bits per heavy atom. The largest absolute Gasteiger partial charge is 0.467 e. The number of alkyl halides is 3. The Hall–Kier alpha value is -2.03. The molecule has 1 heterocycles. The average molecular weight is 412 g/mol. The van der Waals surface area contributed by atoms with E-state index in [-0.39, 0.29) is 42.8 Å². The number of aromatic nitrogens is 1. The van der Waals surface area contributed by atoms with Gasteiger partial charge in [0.25, 0.3) is 5.91 Å². The van der Waals surface area contributed by atoms with Crippen molar-refractivity contribution in [3.63, 3.8) is 0 Å². The van der Waals surface area contributed by atoms with Crippen molar-refractivity contribution in [3.05, 3.63) is 59.8 Å². The van der Waals surface area contributed by atoms with Gasteiger partial charge in [0.1, 0.15) is 5.56 Å². The predicted octanol–water partition coefficient (Wildman–Crippen LogP) is 3.30. The van der Waals surface area contributed by atoms with Crippen LogP contribution in [0, 0.1) is 0 Å². The maximum atomic E-state index is 12.2. The molecule has 144 valence electrons. The number of hydrogen-bond donors (Lipinski definition) is 2. The number of carbonyl (C=O) groups is 1. The van der Waals surface area contributed by atoms with E-state index in [1.165, 1.54) is 18.3 Å². The molecule has 3 N–H and O–H groups in total. The molecule has 0 aliphatic heterocycles. The van der Waals surface area contributed by atoms with Crippen molar-refractivity contribution in [1.82, 2.24) is 10.3 Å². The molecule has 2 aromatic rings. The summed E-state index contributed by atoms with van der Waals surface area (Å²) in [5.41, 5.74) is 6.71. The lowest BCUT2D eigenvalue weighted by molar-refractivity contribution is -0.154. The summed E-state index contributed by atoms with van der Waals surface area (Å²) >= 11 is 0. The Kier molecular flexibility index (Phi) is 10.0. The number of nitrogens with one attached hydrogen (secondary N) is 1. The lowest BCUT2D eigenvalue weighted by Gasteiger charge is -2.15. The number of nitrogens with two attached hydrogens (primary N) is 1. The second kappa shape index (κ2) is 10.8. The van der Waals surface area contributed by atoms with Gasteiger partial charge in [-0.2, -0.15) is 13.2 Å². The molecule has 1 atom stereocenters. The Bertz CT molecular complexity index is 688. The molecule has 0 radical (unpaired) electrons. The third-order valence-electron chi connectivity index (χ3n) is 3.10. The maximum Gasteiger partial charge on any atom is 0.422 e. The van der Waals surface area contributed by atoms with Gasteiger partial charge in [-0.1, -0.05) is 30.3 Å². The van der Waals surface area contributed by atoms with Crippen LogP contribution in [-0.4, -0.2) is 30.2 Å². The Morgan fingerprint density at radius 3 is 2.42 bits per heavy atom. The van der Waals surface area contributed by atoms with Crippen molar-refractivity contribution in [3.8, 4) is 5.88 Å². The highest BCUT2D eigenvalue weighted by Crippen LogP contribution is 2.20. The molecule has 0 aliphatic carbocycles. The van der Waals surface area contributed by atoms with Gasteiger partial charge in [0.15, 0.2) is 6.61 Å². The van der Waals surface area contributed by atoms with E-state index in [9.17, 15) is 18.0 Å². The smallest absolute Gasteiger partial charge is 0.422 e. The molecule has 26 heavy (non-hydrogen) atoms. The summed E-state index contributed by atoms with van der Waals surface area (Å²) in [6, 6.07) is 11.5. The standard InChI is InChI=1S/C16H16F3N3O2.2ClH/c17-16(18,19)10-24-15-12(7-4-8-21-15)14(23)22-9-13(20)11-5-2-1-3-6-11;;/h1-8,13H,9-10,20H2,(H,22,23);2*1H. The molecule has 1 amide bonds. The molecule has 5 nitrogen and oxygen atoms in total. The molecule has 0 saturated carbocycles. The second-order valence-electron chi connectivity index (χ2n) is 4.99. The number of ether oxygens (including phenoxy) is 1. The monoisotopic (exact) mass is 411 g/mol. The maximum absolute atomic E-state index is 12.2. The van der Waals surface area contributed by atoms with Gasteiger partial charge in [0.2, 0.25) is 5.88 Å². The Labute approximate surface area is 161 Å². The van der Waals surface area contributed by atoms with Gasteiger partial charge >= 0.3 is 6.18 Å². The Morgan fingerprint density at radius 1 is 1.15 bits per heavy atom. The van der Waals surface area contributed by atoms with Crippen molar-refractivity contribution in [1.29, 1.82) is 0 Å². The fraction of sp³-hybridized carbons (Fsp3) is 0.250. The van der Waals surface area contributed by atoms with E-state index in [4.69, 9.17) is 5.73 Å². The number of benzene rings is 1. The van der Waals surface area contributed by atoms with Crippen LogP contribution in [0.4, 0.5) is 13.2 Å². The molecule has 0 spiro atoms. The Balaban J connectivity index is 0.00000312. The summed E-state index contributed by atoms with van der Waals surface area (Å²) in [5, 5.41) is 2.57. The van der Waals surface area contributed by atoms with Crippen molar-refractivity contribution in [2.24, 2.45) is 5.73 Å². The number of hydrogen-bond acceptors (Lipinski definition) is 4. The van der Waals surface area contributed by atoms with E-state index in [1.807, 2.05) is 30.3 Å². The fourth-order valence-corrected chi connectivity index (χ4v) is 1.94. The molecule has 2 rings (SSSR count). The lowest BCUT2D eigenvalue weighted by atomic mass is 10.1. The summed E-state index contributed by atoms with van der Waals surface area (Å²) in [6.45, 7) is -1.40. The third kappa shape index (κ3) is 7.47. The van der Waals surface area contributed by atoms with E-state index in [0.717, 1.165) is 5.56 Å². The molecule has 10 heteroatoms. The van der Waals surface area contributed by atoms with Crippen molar-refractivity contribution >= 4 is 30.7 Å². The van der Waals surface area contributed by atoms with Crippen LogP contribution in [0.15, 0.2) is 48.7 Å². The van der Waals surface area contributed by atoms with E-state index < -0.39 is 24.7 Å². The van der Waals surface area contributed by atoms with Crippen LogP contribution in [-0.2, 0) is 0 Å². The van der Waals surface area contributed by atoms with Crippen LogP contribution in [0.2, 0.25) is 0 Å². The van der Waals surface area contributed by atoms with Crippen LogP contribution < -0.4 is 15.8 Å². The minimum Gasteiger partial charge on any atom is -0.467 e. The number of nitrogens with zero attached hydrogens (tertiary/aromatic N) is 1. The molecular weight excluding hydrogens is 394 g/mol. The molecule has 0 fully saturated rings.